The molecule has 0 spiro atoms. The molecule has 3 heteroatoms. The van der Waals surface area contributed by atoms with Crippen LogP contribution in [0.2, 0.25) is 0 Å². The van der Waals surface area contributed by atoms with Crippen LogP contribution in [0, 0.1) is 5.82 Å². The number of rotatable bonds is 3. The standard InChI is InChI=1S/C15H14FNS/c16-13-8-11(6-7-14(13)17)18-15-9-12(15)10-4-2-1-3-5-10/h1-8,12,15H,9,17H2. The average molecular weight is 259 g/mol. The molecule has 2 unspecified atom stereocenters. The van der Waals surface area contributed by atoms with Gasteiger partial charge < -0.3 is 5.73 Å². The van der Waals surface area contributed by atoms with Crippen molar-refractivity contribution in [2.45, 2.75) is 22.5 Å². The molecule has 0 saturated heterocycles. The summed E-state index contributed by atoms with van der Waals surface area (Å²) in [6.07, 6.45) is 1.17. The first-order valence-corrected chi connectivity index (χ1v) is 6.88. The van der Waals surface area contributed by atoms with Gasteiger partial charge in [-0.05, 0) is 36.1 Å². The van der Waals surface area contributed by atoms with Gasteiger partial charge in [0.2, 0.25) is 0 Å². The third-order valence-corrected chi connectivity index (χ3v) is 4.57. The maximum atomic E-state index is 13.3. The van der Waals surface area contributed by atoms with E-state index >= 15 is 0 Å². The summed E-state index contributed by atoms with van der Waals surface area (Å²) in [5.74, 6) is 0.286. The van der Waals surface area contributed by atoms with Crippen molar-refractivity contribution in [3.63, 3.8) is 0 Å². The summed E-state index contributed by atoms with van der Waals surface area (Å²) in [4.78, 5) is 0.963. The van der Waals surface area contributed by atoms with Gasteiger partial charge in [-0.2, -0.15) is 0 Å². The monoisotopic (exact) mass is 259 g/mol. The molecule has 1 aliphatic rings. The lowest BCUT2D eigenvalue weighted by atomic mass is 10.1. The molecule has 1 saturated carbocycles. The molecule has 18 heavy (non-hydrogen) atoms. The van der Waals surface area contributed by atoms with Crippen LogP contribution in [0.3, 0.4) is 0 Å². The number of anilines is 1. The fourth-order valence-electron chi connectivity index (χ4n) is 2.11. The van der Waals surface area contributed by atoms with E-state index in [-0.39, 0.29) is 11.5 Å². The Bertz CT molecular complexity index is 556. The maximum absolute atomic E-state index is 13.3. The molecular weight excluding hydrogens is 245 g/mol. The van der Waals surface area contributed by atoms with Crippen LogP contribution in [0.4, 0.5) is 10.1 Å². The molecule has 1 fully saturated rings. The van der Waals surface area contributed by atoms with Gasteiger partial charge in [-0.15, -0.1) is 11.8 Å². The Hall–Kier alpha value is -1.48. The summed E-state index contributed by atoms with van der Waals surface area (Å²) >= 11 is 1.74. The Labute approximate surface area is 110 Å². The Kier molecular flexibility index (Phi) is 3.00. The van der Waals surface area contributed by atoms with Crippen molar-refractivity contribution in [2.24, 2.45) is 0 Å². The lowest BCUT2D eigenvalue weighted by Crippen LogP contribution is -1.90. The van der Waals surface area contributed by atoms with Gasteiger partial charge in [0.25, 0.3) is 0 Å². The van der Waals surface area contributed by atoms with E-state index in [2.05, 4.69) is 24.3 Å². The van der Waals surface area contributed by atoms with Crippen molar-refractivity contribution >= 4 is 17.4 Å². The summed E-state index contributed by atoms with van der Waals surface area (Å²) < 4.78 is 13.3. The van der Waals surface area contributed by atoms with Crippen LogP contribution in [0.5, 0.6) is 0 Å². The molecule has 3 rings (SSSR count). The number of hydrogen-bond donors (Lipinski definition) is 1. The van der Waals surface area contributed by atoms with E-state index in [0.29, 0.717) is 11.2 Å². The van der Waals surface area contributed by atoms with E-state index in [1.807, 2.05) is 12.1 Å². The Morgan fingerprint density at radius 1 is 1.11 bits per heavy atom. The summed E-state index contributed by atoms with van der Waals surface area (Å²) in [6, 6.07) is 15.5. The van der Waals surface area contributed by atoms with Crippen LogP contribution < -0.4 is 5.73 Å². The van der Waals surface area contributed by atoms with Crippen LogP contribution in [0.25, 0.3) is 0 Å². The normalized spacial score (nSPS) is 21.8. The number of thioether (sulfide) groups is 1. The number of halogens is 1. The topological polar surface area (TPSA) is 26.0 Å². The lowest BCUT2D eigenvalue weighted by Gasteiger charge is -2.03. The van der Waals surface area contributed by atoms with E-state index in [0.717, 1.165) is 4.90 Å². The zero-order chi connectivity index (χ0) is 12.5. The summed E-state index contributed by atoms with van der Waals surface area (Å²) in [7, 11) is 0. The van der Waals surface area contributed by atoms with Gasteiger partial charge in [-0.3, -0.25) is 0 Å². The molecule has 2 N–H and O–H groups in total. The average Bonchev–Trinajstić information content (AvgIpc) is 3.14. The number of hydrogen-bond acceptors (Lipinski definition) is 2. The van der Waals surface area contributed by atoms with Gasteiger partial charge in [0.15, 0.2) is 0 Å². The second-order valence-electron chi connectivity index (χ2n) is 4.59. The van der Waals surface area contributed by atoms with Gasteiger partial charge in [0.05, 0.1) is 5.69 Å². The highest BCUT2D eigenvalue weighted by Crippen LogP contribution is 2.51. The smallest absolute Gasteiger partial charge is 0.147 e. The molecule has 0 aliphatic heterocycles. The lowest BCUT2D eigenvalue weighted by molar-refractivity contribution is 0.629. The Morgan fingerprint density at radius 2 is 1.89 bits per heavy atom. The van der Waals surface area contributed by atoms with Crippen LogP contribution in [-0.4, -0.2) is 5.25 Å². The first kappa shape index (κ1) is 11.6. The van der Waals surface area contributed by atoms with Gasteiger partial charge >= 0.3 is 0 Å². The van der Waals surface area contributed by atoms with Crippen molar-refractivity contribution in [3.05, 3.63) is 59.9 Å². The van der Waals surface area contributed by atoms with Crippen molar-refractivity contribution in [3.8, 4) is 0 Å². The summed E-state index contributed by atoms with van der Waals surface area (Å²) in [5.41, 5.74) is 7.07. The summed E-state index contributed by atoms with van der Waals surface area (Å²) in [6.45, 7) is 0. The van der Waals surface area contributed by atoms with Crippen molar-refractivity contribution in [2.75, 3.05) is 5.73 Å². The first-order valence-electron chi connectivity index (χ1n) is 6.00. The highest BCUT2D eigenvalue weighted by molar-refractivity contribution is 8.00. The molecular formula is C15H14FNS. The molecule has 92 valence electrons. The second-order valence-corrected chi connectivity index (χ2v) is 5.91. The Balaban J connectivity index is 1.67. The number of nitrogen functional groups attached to an aromatic ring is 1. The predicted molar refractivity (Wildman–Crippen MR) is 74.3 cm³/mol. The number of nitrogens with two attached hydrogens (primary N) is 1. The fraction of sp³-hybridized carbons (Fsp3) is 0.200. The van der Waals surface area contributed by atoms with Crippen LogP contribution >= 0.6 is 11.8 Å². The minimum Gasteiger partial charge on any atom is -0.396 e. The van der Waals surface area contributed by atoms with Crippen LogP contribution in [0.1, 0.15) is 17.9 Å². The molecule has 1 aliphatic carbocycles. The zero-order valence-electron chi connectivity index (χ0n) is 9.84. The van der Waals surface area contributed by atoms with E-state index < -0.39 is 0 Å². The minimum absolute atomic E-state index is 0.217. The van der Waals surface area contributed by atoms with Gasteiger partial charge in [-0.1, -0.05) is 30.3 Å². The van der Waals surface area contributed by atoms with E-state index in [1.54, 1.807) is 17.8 Å². The largest absolute Gasteiger partial charge is 0.396 e. The molecule has 1 nitrogen and oxygen atoms in total. The van der Waals surface area contributed by atoms with Crippen LogP contribution in [-0.2, 0) is 0 Å². The minimum atomic E-state index is -0.322. The van der Waals surface area contributed by atoms with E-state index in [4.69, 9.17) is 5.73 Å². The van der Waals surface area contributed by atoms with Crippen molar-refractivity contribution in [1.29, 1.82) is 0 Å². The van der Waals surface area contributed by atoms with Gasteiger partial charge in [-0.25, -0.2) is 4.39 Å². The van der Waals surface area contributed by atoms with Crippen molar-refractivity contribution < 1.29 is 4.39 Å². The highest BCUT2D eigenvalue weighted by Gasteiger charge is 2.38. The van der Waals surface area contributed by atoms with E-state index in [1.165, 1.54) is 18.1 Å². The molecule has 0 heterocycles. The molecule has 0 aromatic heterocycles. The highest BCUT2D eigenvalue weighted by atomic mass is 32.2. The third kappa shape index (κ3) is 2.36. The molecule has 2 atom stereocenters. The maximum Gasteiger partial charge on any atom is 0.147 e. The third-order valence-electron chi connectivity index (χ3n) is 3.22. The molecule has 2 aromatic rings. The summed E-state index contributed by atoms with van der Waals surface area (Å²) in [5, 5.41) is 0.565. The molecule has 0 radical (unpaired) electrons. The first-order chi connectivity index (χ1) is 8.74. The number of benzene rings is 2. The van der Waals surface area contributed by atoms with Crippen LogP contribution in [0.15, 0.2) is 53.4 Å². The fourth-order valence-corrected chi connectivity index (χ4v) is 3.40. The zero-order valence-corrected chi connectivity index (χ0v) is 10.7. The second kappa shape index (κ2) is 4.65. The predicted octanol–water partition coefficient (Wildman–Crippen LogP) is 4.06. The van der Waals surface area contributed by atoms with Gasteiger partial charge in [0.1, 0.15) is 5.82 Å². The molecule has 0 bridgehead atoms. The quantitative estimate of drug-likeness (QED) is 0.841. The van der Waals surface area contributed by atoms with Crippen molar-refractivity contribution in [1.82, 2.24) is 0 Å². The Morgan fingerprint density at radius 3 is 2.61 bits per heavy atom. The SMILES string of the molecule is Nc1ccc(SC2CC2c2ccccc2)cc1F. The molecule has 0 amide bonds. The van der Waals surface area contributed by atoms with Gasteiger partial charge in [0, 0.05) is 10.1 Å². The molecule has 2 aromatic carbocycles. The van der Waals surface area contributed by atoms with E-state index in [9.17, 15) is 4.39 Å².